The van der Waals surface area contributed by atoms with Crippen molar-refractivity contribution in [1.82, 2.24) is 5.32 Å². The maximum absolute atomic E-state index is 10.9. The first-order valence-corrected chi connectivity index (χ1v) is 7.35. The Bertz CT molecular complexity index is 538. The summed E-state index contributed by atoms with van der Waals surface area (Å²) in [4.78, 5) is 10.9. The van der Waals surface area contributed by atoms with Crippen molar-refractivity contribution in [3.8, 4) is 5.75 Å². The lowest BCUT2D eigenvalue weighted by atomic mass is 10.2. The smallest absolute Gasteiger partial charge is 0.234 e. The number of amides is 1. The minimum absolute atomic E-state index is 0.329. The molecule has 0 radical (unpaired) electrons. The summed E-state index contributed by atoms with van der Waals surface area (Å²) in [5.41, 5.74) is 7.45. The van der Waals surface area contributed by atoms with Gasteiger partial charge in [-0.2, -0.15) is 11.3 Å². The molecule has 0 unspecified atom stereocenters. The van der Waals surface area contributed by atoms with Gasteiger partial charge in [0.05, 0.1) is 6.04 Å². The molecular formula is C15H18N2O2S. The zero-order valence-corrected chi connectivity index (χ0v) is 12.2. The molecule has 20 heavy (non-hydrogen) atoms. The number of benzene rings is 1. The maximum Gasteiger partial charge on any atom is 0.234 e. The van der Waals surface area contributed by atoms with Gasteiger partial charge in [-0.25, -0.2) is 0 Å². The highest BCUT2D eigenvalue weighted by Crippen LogP contribution is 2.15. The summed E-state index contributed by atoms with van der Waals surface area (Å²) < 4.78 is 5.68. The van der Waals surface area contributed by atoms with E-state index in [9.17, 15) is 4.79 Å². The Morgan fingerprint density at radius 3 is 2.65 bits per heavy atom. The van der Waals surface area contributed by atoms with E-state index in [4.69, 9.17) is 10.5 Å². The van der Waals surface area contributed by atoms with Crippen molar-refractivity contribution < 1.29 is 9.53 Å². The van der Waals surface area contributed by atoms with Crippen LogP contribution in [0.15, 0.2) is 41.1 Å². The summed E-state index contributed by atoms with van der Waals surface area (Å²) in [7, 11) is 0. The van der Waals surface area contributed by atoms with E-state index >= 15 is 0 Å². The van der Waals surface area contributed by atoms with E-state index in [-0.39, 0.29) is 11.9 Å². The van der Waals surface area contributed by atoms with Gasteiger partial charge in [-0.3, -0.25) is 4.79 Å². The third kappa shape index (κ3) is 4.36. The van der Waals surface area contributed by atoms with Crippen LogP contribution in [0.1, 0.15) is 18.1 Å². The molecule has 3 N–H and O–H groups in total. The van der Waals surface area contributed by atoms with Crippen LogP contribution < -0.4 is 15.8 Å². The minimum Gasteiger partial charge on any atom is -0.489 e. The van der Waals surface area contributed by atoms with Crippen LogP contribution in [0.3, 0.4) is 0 Å². The zero-order chi connectivity index (χ0) is 14.4. The first-order valence-electron chi connectivity index (χ1n) is 6.40. The highest BCUT2D eigenvalue weighted by Gasteiger charge is 2.06. The maximum atomic E-state index is 10.9. The number of carbonyl (C=O) groups excluding carboxylic acids is 1. The van der Waals surface area contributed by atoms with Gasteiger partial charge in [0.25, 0.3) is 0 Å². The normalized spacial score (nSPS) is 12.1. The van der Waals surface area contributed by atoms with Gasteiger partial charge in [0, 0.05) is 6.54 Å². The monoisotopic (exact) mass is 290 g/mol. The quantitative estimate of drug-likeness (QED) is 0.822. The lowest BCUT2D eigenvalue weighted by Crippen LogP contribution is -2.38. The van der Waals surface area contributed by atoms with E-state index in [1.54, 1.807) is 18.3 Å². The molecule has 1 heterocycles. The van der Waals surface area contributed by atoms with Crippen LogP contribution >= 0.6 is 11.3 Å². The Morgan fingerprint density at radius 2 is 2.05 bits per heavy atom. The molecule has 0 aliphatic heterocycles. The third-order valence-corrected chi connectivity index (χ3v) is 3.68. The second-order valence-electron chi connectivity index (χ2n) is 4.57. The summed E-state index contributed by atoms with van der Waals surface area (Å²) in [5, 5.41) is 7.17. The van der Waals surface area contributed by atoms with Gasteiger partial charge < -0.3 is 15.8 Å². The lowest BCUT2D eigenvalue weighted by Gasteiger charge is -2.10. The SMILES string of the molecule is C[C@@H](NCc1ccc(OCc2ccsc2)cc1)C(N)=O. The predicted molar refractivity (Wildman–Crippen MR) is 80.6 cm³/mol. The van der Waals surface area contributed by atoms with E-state index < -0.39 is 0 Å². The number of rotatable bonds is 7. The highest BCUT2D eigenvalue weighted by molar-refractivity contribution is 7.07. The molecule has 0 aliphatic rings. The number of ether oxygens (including phenoxy) is 1. The molecule has 0 aliphatic carbocycles. The molecule has 0 saturated carbocycles. The largest absolute Gasteiger partial charge is 0.489 e. The van der Waals surface area contributed by atoms with Gasteiger partial charge in [-0.15, -0.1) is 0 Å². The third-order valence-electron chi connectivity index (χ3n) is 2.95. The molecule has 1 amide bonds. The molecule has 0 bridgehead atoms. The molecule has 4 nitrogen and oxygen atoms in total. The number of primary amides is 1. The first kappa shape index (κ1) is 14.6. The Hall–Kier alpha value is -1.85. The minimum atomic E-state index is -0.347. The van der Waals surface area contributed by atoms with E-state index in [1.165, 1.54) is 5.56 Å². The number of hydrogen-bond donors (Lipinski definition) is 2. The molecule has 1 atom stereocenters. The number of nitrogens with one attached hydrogen (secondary N) is 1. The fourth-order valence-corrected chi connectivity index (χ4v) is 2.27. The highest BCUT2D eigenvalue weighted by atomic mass is 32.1. The molecule has 0 fully saturated rings. The van der Waals surface area contributed by atoms with Crippen molar-refractivity contribution in [3.63, 3.8) is 0 Å². The second kappa shape index (κ2) is 7.07. The standard InChI is InChI=1S/C15H18N2O2S/c1-11(15(16)18)17-8-12-2-4-14(5-3-12)19-9-13-6-7-20-10-13/h2-7,10-11,17H,8-9H2,1H3,(H2,16,18)/t11-/m1/s1. The predicted octanol–water partition coefficient (Wildman–Crippen LogP) is 2.29. The molecule has 1 aromatic heterocycles. The van der Waals surface area contributed by atoms with Crippen molar-refractivity contribution in [2.24, 2.45) is 5.73 Å². The van der Waals surface area contributed by atoms with E-state index in [0.717, 1.165) is 11.3 Å². The Labute approximate surface area is 122 Å². The summed E-state index contributed by atoms with van der Waals surface area (Å²) in [5.74, 6) is 0.489. The van der Waals surface area contributed by atoms with Gasteiger partial charge in [-0.05, 0) is 47.0 Å². The molecule has 106 valence electrons. The van der Waals surface area contributed by atoms with Crippen LogP contribution in [0.2, 0.25) is 0 Å². The average molecular weight is 290 g/mol. The molecule has 0 saturated heterocycles. The first-order chi connectivity index (χ1) is 9.65. The van der Waals surface area contributed by atoms with Gasteiger partial charge in [-0.1, -0.05) is 12.1 Å². The van der Waals surface area contributed by atoms with Gasteiger partial charge in [0.15, 0.2) is 0 Å². The van der Waals surface area contributed by atoms with Crippen molar-refractivity contribution in [3.05, 3.63) is 52.2 Å². The summed E-state index contributed by atoms with van der Waals surface area (Å²) in [6.07, 6.45) is 0. The molecule has 5 heteroatoms. The summed E-state index contributed by atoms with van der Waals surface area (Å²) in [6.45, 7) is 2.94. The number of hydrogen-bond acceptors (Lipinski definition) is 4. The van der Waals surface area contributed by atoms with Crippen molar-refractivity contribution >= 4 is 17.2 Å². The second-order valence-corrected chi connectivity index (χ2v) is 5.35. The molecule has 2 aromatic rings. The van der Waals surface area contributed by atoms with E-state index in [0.29, 0.717) is 13.2 Å². The van der Waals surface area contributed by atoms with Gasteiger partial charge in [0.2, 0.25) is 5.91 Å². The van der Waals surface area contributed by atoms with Crippen LogP contribution in [0, 0.1) is 0 Å². The van der Waals surface area contributed by atoms with Crippen LogP contribution in [0.5, 0.6) is 5.75 Å². The number of carbonyl (C=O) groups is 1. The Balaban J connectivity index is 1.82. The number of nitrogens with two attached hydrogens (primary N) is 1. The summed E-state index contributed by atoms with van der Waals surface area (Å²) in [6, 6.07) is 9.53. The van der Waals surface area contributed by atoms with Crippen LogP contribution in [-0.4, -0.2) is 11.9 Å². The molecule has 2 rings (SSSR count). The van der Waals surface area contributed by atoms with E-state index in [1.807, 2.05) is 35.7 Å². The van der Waals surface area contributed by atoms with Crippen molar-refractivity contribution in [1.29, 1.82) is 0 Å². The van der Waals surface area contributed by atoms with Crippen LogP contribution in [0.25, 0.3) is 0 Å². The van der Waals surface area contributed by atoms with Gasteiger partial charge >= 0.3 is 0 Å². The number of thiophene rings is 1. The fourth-order valence-electron chi connectivity index (χ4n) is 1.62. The van der Waals surface area contributed by atoms with Gasteiger partial charge in [0.1, 0.15) is 12.4 Å². The zero-order valence-electron chi connectivity index (χ0n) is 11.3. The molecule has 1 aromatic carbocycles. The average Bonchev–Trinajstić information content (AvgIpc) is 2.96. The Morgan fingerprint density at radius 1 is 1.30 bits per heavy atom. The lowest BCUT2D eigenvalue weighted by molar-refractivity contribution is -0.119. The van der Waals surface area contributed by atoms with Crippen LogP contribution in [-0.2, 0) is 17.9 Å². The van der Waals surface area contributed by atoms with Crippen LogP contribution in [0.4, 0.5) is 0 Å². The molecule has 0 spiro atoms. The Kier molecular flexibility index (Phi) is 5.15. The van der Waals surface area contributed by atoms with E-state index in [2.05, 4.69) is 10.7 Å². The molecular weight excluding hydrogens is 272 g/mol. The summed E-state index contributed by atoms with van der Waals surface area (Å²) >= 11 is 1.66. The topological polar surface area (TPSA) is 64.3 Å². The fraction of sp³-hybridized carbons (Fsp3) is 0.267. The van der Waals surface area contributed by atoms with Crippen molar-refractivity contribution in [2.75, 3.05) is 0 Å². The van der Waals surface area contributed by atoms with Crippen molar-refractivity contribution in [2.45, 2.75) is 26.1 Å².